The summed E-state index contributed by atoms with van der Waals surface area (Å²) in [5.74, 6) is 0.665. The van der Waals surface area contributed by atoms with Crippen LogP contribution < -0.4 is 0 Å². The molecule has 0 N–H and O–H groups in total. The minimum atomic E-state index is -1.27. The fourth-order valence-electron chi connectivity index (χ4n) is 0.415. The first-order valence-corrected chi connectivity index (χ1v) is 6.79. The SMILES string of the molecule is CCC(C)CO[SiH](C)Cl. The second kappa shape index (κ2) is 5.27. The number of halogens is 1. The Morgan fingerprint density at radius 1 is 1.67 bits per heavy atom. The van der Waals surface area contributed by atoms with Crippen LogP contribution in [0.3, 0.4) is 0 Å². The molecule has 3 heteroatoms. The van der Waals surface area contributed by atoms with E-state index in [2.05, 4.69) is 13.8 Å². The van der Waals surface area contributed by atoms with Crippen LogP contribution in [0.25, 0.3) is 0 Å². The molecular formula is C6H15ClOSi. The Balaban J connectivity index is 3.06. The molecule has 0 aromatic heterocycles. The second-order valence-corrected chi connectivity index (χ2v) is 5.65. The molecule has 2 atom stereocenters. The highest BCUT2D eigenvalue weighted by Gasteiger charge is 2.01. The van der Waals surface area contributed by atoms with E-state index in [1.54, 1.807) is 0 Å². The zero-order valence-corrected chi connectivity index (χ0v) is 8.27. The zero-order chi connectivity index (χ0) is 7.28. The first-order valence-electron chi connectivity index (χ1n) is 3.42. The Morgan fingerprint density at radius 3 is 2.56 bits per heavy atom. The third kappa shape index (κ3) is 6.35. The van der Waals surface area contributed by atoms with Gasteiger partial charge in [0, 0.05) is 6.61 Å². The van der Waals surface area contributed by atoms with Gasteiger partial charge in [0.1, 0.15) is 0 Å². The van der Waals surface area contributed by atoms with Gasteiger partial charge in [0.15, 0.2) is 0 Å². The maximum absolute atomic E-state index is 5.70. The summed E-state index contributed by atoms with van der Waals surface area (Å²) in [5, 5.41) is 0. The highest BCUT2D eigenvalue weighted by Crippen LogP contribution is 2.02. The van der Waals surface area contributed by atoms with Crippen LogP contribution in [0.15, 0.2) is 0 Å². The van der Waals surface area contributed by atoms with E-state index in [1.807, 2.05) is 6.55 Å². The fourth-order valence-corrected chi connectivity index (χ4v) is 1.23. The third-order valence-corrected chi connectivity index (χ3v) is 2.34. The summed E-state index contributed by atoms with van der Waals surface area (Å²) < 4.78 is 5.30. The lowest BCUT2D eigenvalue weighted by Gasteiger charge is -2.09. The lowest BCUT2D eigenvalue weighted by atomic mass is 10.1. The molecule has 0 aromatic rings. The molecule has 0 aliphatic carbocycles. The average Bonchev–Trinajstić information content (AvgIpc) is 1.83. The Kier molecular flexibility index (Phi) is 5.54. The first-order chi connectivity index (χ1) is 4.16. The van der Waals surface area contributed by atoms with Crippen molar-refractivity contribution in [2.75, 3.05) is 6.61 Å². The van der Waals surface area contributed by atoms with Crippen molar-refractivity contribution in [1.29, 1.82) is 0 Å². The molecule has 2 unspecified atom stereocenters. The van der Waals surface area contributed by atoms with Crippen molar-refractivity contribution in [3.8, 4) is 0 Å². The van der Waals surface area contributed by atoms with Gasteiger partial charge >= 0.3 is 0 Å². The van der Waals surface area contributed by atoms with Crippen molar-refractivity contribution in [3.63, 3.8) is 0 Å². The van der Waals surface area contributed by atoms with Crippen LogP contribution in [0.2, 0.25) is 6.55 Å². The van der Waals surface area contributed by atoms with E-state index < -0.39 is 8.35 Å². The quantitative estimate of drug-likeness (QED) is 0.460. The summed E-state index contributed by atoms with van der Waals surface area (Å²) in [5.41, 5.74) is 0. The topological polar surface area (TPSA) is 9.23 Å². The van der Waals surface area contributed by atoms with Crippen molar-refractivity contribution in [2.24, 2.45) is 5.92 Å². The Bertz CT molecular complexity index is 68.1. The smallest absolute Gasteiger partial charge is 0.270 e. The van der Waals surface area contributed by atoms with Crippen LogP contribution in [-0.4, -0.2) is 15.0 Å². The van der Waals surface area contributed by atoms with Gasteiger partial charge in [0.2, 0.25) is 0 Å². The maximum Gasteiger partial charge on any atom is 0.270 e. The van der Waals surface area contributed by atoms with E-state index in [9.17, 15) is 0 Å². The van der Waals surface area contributed by atoms with Gasteiger partial charge in [-0.3, -0.25) is 0 Å². The monoisotopic (exact) mass is 166 g/mol. The van der Waals surface area contributed by atoms with Gasteiger partial charge in [-0.1, -0.05) is 20.3 Å². The predicted molar refractivity (Wildman–Crippen MR) is 44.3 cm³/mol. The van der Waals surface area contributed by atoms with Crippen LogP contribution in [0, 0.1) is 5.92 Å². The van der Waals surface area contributed by atoms with Gasteiger partial charge in [-0.05, 0) is 12.5 Å². The minimum Gasteiger partial charge on any atom is -0.405 e. The zero-order valence-electron chi connectivity index (χ0n) is 6.36. The lowest BCUT2D eigenvalue weighted by Crippen LogP contribution is -2.11. The molecule has 1 nitrogen and oxygen atoms in total. The lowest BCUT2D eigenvalue weighted by molar-refractivity contribution is 0.267. The number of hydrogen-bond acceptors (Lipinski definition) is 1. The number of rotatable bonds is 4. The Labute approximate surface area is 63.8 Å². The molecule has 0 amide bonds. The molecule has 0 aliphatic heterocycles. The Hall–Kier alpha value is 0.467. The minimum absolute atomic E-state index is 0.665. The van der Waals surface area contributed by atoms with Crippen LogP contribution in [-0.2, 0) is 4.43 Å². The van der Waals surface area contributed by atoms with Crippen molar-refractivity contribution < 1.29 is 4.43 Å². The van der Waals surface area contributed by atoms with Crippen molar-refractivity contribution in [1.82, 2.24) is 0 Å². The molecule has 0 radical (unpaired) electrons. The van der Waals surface area contributed by atoms with E-state index in [1.165, 1.54) is 6.42 Å². The fraction of sp³-hybridized carbons (Fsp3) is 1.00. The predicted octanol–water partition coefficient (Wildman–Crippen LogP) is 2.14. The van der Waals surface area contributed by atoms with Gasteiger partial charge in [-0.25, -0.2) is 0 Å². The molecule has 0 spiro atoms. The average molecular weight is 167 g/mol. The highest BCUT2D eigenvalue weighted by molar-refractivity contribution is 7.02. The summed E-state index contributed by atoms with van der Waals surface area (Å²) >= 11 is 5.70. The van der Waals surface area contributed by atoms with Crippen LogP contribution in [0.4, 0.5) is 0 Å². The van der Waals surface area contributed by atoms with E-state index in [0.29, 0.717) is 5.92 Å². The standard InChI is InChI=1S/C6H15ClOSi/c1-4-6(2)5-8-9(3)7/h6,9H,4-5H2,1-3H3. The first kappa shape index (κ1) is 9.47. The summed E-state index contributed by atoms with van der Waals surface area (Å²) in [4.78, 5) is 0. The highest BCUT2D eigenvalue weighted by atomic mass is 35.6. The van der Waals surface area contributed by atoms with Gasteiger partial charge in [-0.15, -0.1) is 11.1 Å². The molecule has 56 valence electrons. The van der Waals surface area contributed by atoms with Crippen LogP contribution in [0.1, 0.15) is 20.3 Å². The van der Waals surface area contributed by atoms with E-state index in [0.717, 1.165) is 6.61 Å². The Morgan fingerprint density at radius 2 is 2.22 bits per heavy atom. The van der Waals surface area contributed by atoms with Gasteiger partial charge in [0.05, 0.1) is 0 Å². The normalized spacial score (nSPS) is 17.3. The van der Waals surface area contributed by atoms with Crippen molar-refractivity contribution in [3.05, 3.63) is 0 Å². The number of hydrogen-bond donors (Lipinski definition) is 0. The molecule has 0 heterocycles. The summed E-state index contributed by atoms with van der Waals surface area (Å²) in [6.45, 7) is 7.15. The van der Waals surface area contributed by atoms with Gasteiger partial charge in [-0.2, -0.15) is 0 Å². The maximum atomic E-state index is 5.70. The molecule has 0 aliphatic rings. The van der Waals surface area contributed by atoms with E-state index in [4.69, 9.17) is 15.5 Å². The van der Waals surface area contributed by atoms with E-state index in [-0.39, 0.29) is 0 Å². The molecule has 0 bridgehead atoms. The molecule has 0 saturated carbocycles. The summed E-state index contributed by atoms with van der Waals surface area (Å²) in [6.07, 6.45) is 1.18. The molecular weight excluding hydrogens is 152 g/mol. The second-order valence-electron chi connectivity index (χ2n) is 2.39. The van der Waals surface area contributed by atoms with Crippen molar-refractivity contribution >= 4 is 19.4 Å². The largest absolute Gasteiger partial charge is 0.405 e. The molecule has 0 fully saturated rings. The van der Waals surface area contributed by atoms with Gasteiger partial charge in [0.25, 0.3) is 8.35 Å². The summed E-state index contributed by atoms with van der Waals surface area (Å²) in [7, 11) is -1.27. The molecule has 0 aromatic carbocycles. The molecule has 0 rings (SSSR count). The van der Waals surface area contributed by atoms with Gasteiger partial charge < -0.3 is 4.43 Å². The summed E-state index contributed by atoms with van der Waals surface area (Å²) in [6, 6.07) is 0. The van der Waals surface area contributed by atoms with Crippen molar-refractivity contribution in [2.45, 2.75) is 26.8 Å². The molecule has 9 heavy (non-hydrogen) atoms. The molecule has 0 saturated heterocycles. The van der Waals surface area contributed by atoms with E-state index >= 15 is 0 Å². The van der Waals surface area contributed by atoms with Crippen LogP contribution >= 0.6 is 11.1 Å². The van der Waals surface area contributed by atoms with Crippen LogP contribution in [0.5, 0.6) is 0 Å². The third-order valence-electron chi connectivity index (χ3n) is 1.31.